The number of hydrogen-bond donors (Lipinski definition) is 1. The van der Waals surface area contributed by atoms with Gasteiger partial charge in [-0.1, -0.05) is 65.0 Å². The predicted octanol–water partition coefficient (Wildman–Crippen LogP) is 5.78. The van der Waals surface area contributed by atoms with Gasteiger partial charge in [0.15, 0.2) is 0 Å². The molecule has 2 aromatic rings. The second-order valence-electron chi connectivity index (χ2n) is 8.93. The van der Waals surface area contributed by atoms with E-state index in [1.807, 2.05) is 62.4 Å². The molecule has 1 N–H and O–H groups in total. The molecular formula is C27H35BrN2O3. The van der Waals surface area contributed by atoms with Crippen LogP contribution in [0.2, 0.25) is 0 Å². The number of hydrogen-bond acceptors (Lipinski definition) is 3. The van der Waals surface area contributed by atoms with Crippen molar-refractivity contribution in [2.45, 2.75) is 77.4 Å². The zero-order valence-corrected chi connectivity index (χ0v) is 21.3. The number of carbonyl (C=O) groups is 2. The first kappa shape index (κ1) is 25.3. The highest BCUT2D eigenvalue weighted by molar-refractivity contribution is 9.10. The molecule has 0 aromatic heterocycles. The number of halogens is 1. The van der Waals surface area contributed by atoms with Gasteiger partial charge in [0.1, 0.15) is 11.8 Å². The highest BCUT2D eigenvalue weighted by Crippen LogP contribution is 2.19. The first-order valence-corrected chi connectivity index (χ1v) is 12.8. The zero-order chi connectivity index (χ0) is 23.6. The van der Waals surface area contributed by atoms with Crippen LogP contribution in [0, 0.1) is 6.92 Å². The van der Waals surface area contributed by atoms with Crippen molar-refractivity contribution in [1.29, 1.82) is 0 Å². The van der Waals surface area contributed by atoms with Gasteiger partial charge in [-0.2, -0.15) is 0 Å². The lowest BCUT2D eigenvalue weighted by atomic mass is 9.95. The molecule has 3 rings (SSSR count). The molecule has 2 amide bonds. The van der Waals surface area contributed by atoms with Gasteiger partial charge in [0.2, 0.25) is 11.8 Å². The first-order valence-electron chi connectivity index (χ1n) is 12.0. The Morgan fingerprint density at radius 2 is 1.73 bits per heavy atom. The molecule has 178 valence electrons. The summed E-state index contributed by atoms with van der Waals surface area (Å²) in [5.74, 6) is 0.708. The van der Waals surface area contributed by atoms with E-state index in [0.717, 1.165) is 41.5 Å². The molecule has 5 nitrogen and oxygen atoms in total. The molecule has 33 heavy (non-hydrogen) atoms. The SMILES string of the molecule is Cc1ccc(OCCCC(=O)N(Cc2ccc(Br)cc2)C(C)C(=O)NC2CCCCC2)cc1. The van der Waals surface area contributed by atoms with Crippen LogP contribution in [0.25, 0.3) is 0 Å². The lowest BCUT2D eigenvalue weighted by molar-refractivity contribution is -0.141. The average molecular weight is 515 g/mol. The fourth-order valence-electron chi connectivity index (χ4n) is 4.13. The summed E-state index contributed by atoms with van der Waals surface area (Å²) in [5, 5.41) is 3.18. The molecule has 1 unspecified atom stereocenters. The molecule has 0 heterocycles. The highest BCUT2D eigenvalue weighted by Gasteiger charge is 2.27. The number of amides is 2. The molecule has 0 bridgehead atoms. The summed E-state index contributed by atoms with van der Waals surface area (Å²) in [4.78, 5) is 27.9. The van der Waals surface area contributed by atoms with Gasteiger partial charge < -0.3 is 15.0 Å². The Kier molecular flexibility index (Phi) is 9.79. The number of benzene rings is 2. The Balaban J connectivity index is 1.59. The minimum Gasteiger partial charge on any atom is -0.494 e. The largest absolute Gasteiger partial charge is 0.494 e. The molecule has 0 spiro atoms. The van der Waals surface area contributed by atoms with Crippen molar-refractivity contribution in [3.8, 4) is 5.75 Å². The van der Waals surface area contributed by atoms with E-state index in [4.69, 9.17) is 4.74 Å². The molecule has 0 aliphatic heterocycles. The molecule has 0 radical (unpaired) electrons. The molecule has 2 aromatic carbocycles. The smallest absolute Gasteiger partial charge is 0.242 e. The van der Waals surface area contributed by atoms with Gasteiger partial charge in [0, 0.05) is 23.5 Å². The summed E-state index contributed by atoms with van der Waals surface area (Å²) in [6.45, 7) is 4.74. The second kappa shape index (κ2) is 12.8. The zero-order valence-electron chi connectivity index (χ0n) is 19.7. The number of nitrogens with one attached hydrogen (secondary N) is 1. The lowest BCUT2D eigenvalue weighted by Gasteiger charge is -2.31. The topological polar surface area (TPSA) is 58.6 Å². The van der Waals surface area contributed by atoms with E-state index < -0.39 is 6.04 Å². The Labute approximate surface area is 206 Å². The van der Waals surface area contributed by atoms with Gasteiger partial charge >= 0.3 is 0 Å². The standard InChI is InChI=1S/C27H35BrN2O3/c1-20-10-16-25(17-11-20)33-18-6-9-26(31)30(19-22-12-14-23(28)15-13-22)21(2)27(32)29-24-7-4-3-5-8-24/h10-17,21,24H,3-9,18-19H2,1-2H3,(H,29,32). The van der Waals surface area contributed by atoms with Crippen LogP contribution in [0.15, 0.2) is 53.0 Å². The number of ether oxygens (including phenoxy) is 1. The van der Waals surface area contributed by atoms with E-state index in [1.54, 1.807) is 4.90 Å². The van der Waals surface area contributed by atoms with Crippen LogP contribution in [0.3, 0.4) is 0 Å². The monoisotopic (exact) mass is 514 g/mol. The summed E-state index contributed by atoms with van der Waals surface area (Å²) in [7, 11) is 0. The van der Waals surface area contributed by atoms with Gasteiger partial charge in [-0.15, -0.1) is 0 Å². The van der Waals surface area contributed by atoms with Gasteiger partial charge in [-0.05, 0) is 62.9 Å². The number of carbonyl (C=O) groups excluding carboxylic acids is 2. The van der Waals surface area contributed by atoms with Crippen molar-refractivity contribution >= 4 is 27.7 Å². The Bertz CT molecular complexity index is 893. The number of aryl methyl sites for hydroxylation is 1. The summed E-state index contributed by atoms with van der Waals surface area (Å²) in [6.07, 6.45) is 6.53. The normalized spacial score (nSPS) is 15.0. The third-order valence-electron chi connectivity index (χ3n) is 6.21. The van der Waals surface area contributed by atoms with Crippen LogP contribution in [0.4, 0.5) is 0 Å². The Morgan fingerprint density at radius 3 is 2.39 bits per heavy atom. The summed E-state index contributed by atoms with van der Waals surface area (Å²) in [6, 6.07) is 15.5. The van der Waals surface area contributed by atoms with E-state index >= 15 is 0 Å². The fraction of sp³-hybridized carbons (Fsp3) is 0.481. The summed E-state index contributed by atoms with van der Waals surface area (Å²) < 4.78 is 6.76. The maximum absolute atomic E-state index is 13.2. The van der Waals surface area contributed by atoms with Crippen molar-refractivity contribution in [2.24, 2.45) is 0 Å². The van der Waals surface area contributed by atoms with Crippen LogP contribution in [0.1, 0.15) is 63.0 Å². The van der Waals surface area contributed by atoms with E-state index in [-0.39, 0.29) is 17.9 Å². The quantitative estimate of drug-likeness (QED) is 0.408. The van der Waals surface area contributed by atoms with Crippen LogP contribution in [-0.4, -0.2) is 35.4 Å². The molecule has 1 saturated carbocycles. The van der Waals surface area contributed by atoms with Crippen molar-refractivity contribution in [3.63, 3.8) is 0 Å². The predicted molar refractivity (Wildman–Crippen MR) is 135 cm³/mol. The van der Waals surface area contributed by atoms with E-state index in [0.29, 0.717) is 26.0 Å². The fourth-order valence-corrected chi connectivity index (χ4v) is 4.39. The van der Waals surface area contributed by atoms with Crippen molar-refractivity contribution in [2.75, 3.05) is 6.61 Å². The molecule has 1 fully saturated rings. The van der Waals surface area contributed by atoms with E-state index in [9.17, 15) is 9.59 Å². The van der Waals surface area contributed by atoms with Crippen LogP contribution in [-0.2, 0) is 16.1 Å². The first-order chi connectivity index (χ1) is 15.9. The van der Waals surface area contributed by atoms with Crippen LogP contribution in [0.5, 0.6) is 5.75 Å². The maximum atomic E-state index is 13.2. The molecule has 0 saturated heterocycles. The van der Waals surface area contributed by atoms with Gasteiger partial charge in [-0.25, -0.2) is 0 Å². The summed E-state index contributed by atoms with van der Waals surface area (Å²) in [5.41, 5.74) is 2.18. The maximum Gasteiger partial charge on any atom is 0.242 e. The third kappa shape index (κ3) is 8.18. The number of nitrogens with zero attached hydrogens (tertiary/aromatic N) is 1. The number of rotatable bonds is 10. The second-order valence-corrected chi connectivity index (χ2v) is 9.85. The van der Waals surface area contributed by atoms with Crippen molar-refractivity contribution in [1.82, 2.24) is 10.2 Å². The third-order valence-corrected chi connectivity index (χ3v) is 6.74. The molecular weight excluding hydrogens is 480 g/mol. The minimum absolute atomic E-state index is 0.0308. The van der Waals surface area contributed by atoms with Crippen molar-refractivity contribution in [3.05, 3.63) is 64.1 Å². The van der Waals surface area contributed by atoms with Crippen molar-refractivity contribution < 1.29 is 14.3 Å². The minimum atomic E-state index is -0.527. The lowest BCUT2D eigenvalue weighted by Crippen LogP contribution is -2.50. The Morgan fingerprint density at radius 1 is 1.06 bits per heavy atom. The molecule has 1 aliphatic rings. The molecule has 1 aliphatic carbocycles. The van der Waals surface area contributed by atoms with Crippen LogP contribution >= 0.6 is 15.9 Å². The molecule has 1 atom stereocenters. The Hall–Kier alpha value is -2.34. The van der Waals surface area contributed by atoms with Gasteiger partial charge in [0.25, 0.3) is 0 Å². The summed E-state index contributed by atoms with van der Waals surface area (Å²) >= 11 is 3.45. The highest BCUT2D eigenvalue weighted by atomic mass is 79.9. The van der Waals surface area contributed by atoms with Gasteiger partial charge in [0.05, 0.1) is 6.61 Å². The van der Waals surface area contributed by atoms with E-state index in [2.05, 4.69) is 21.2 Å². The average Bonchev–Trinajstić information content (AvgIpc) is 2.82. The van der Waals surface area contributed by atoms with E-state index in [1.165, 1.54) is 12.0 Å². The molecule has 6 heteroatoms. The van der Waals surface area contributed by atoms with Gasteiger partial charge in [-0.3, -0.25) is 9.59 Å². The van der Waals surface area contributed by atoms with Crippen LogP contribution < -0.4 is 10.1 Å².